The molecule has 2 aromatic rings. The highest BCUT2D eigenvalue weighted by atomic mass is 35.5. The molecule has 1 aromatic carbocycles. The Kier molecular flexibility index (Phi) is 7.46. The van der Waals surface area contributed by atoms with Crippen LogP contribution in [0.5, 0.6) is 5.75 Å². The second kappa shape index (κ2) is 8.86. The van der Waals surface area contributed by atoms with Gasteiger partial charge in [0.05, 0.1) is 5.01 Å². The Balaban J connectivity index is 0.00000288. The van der Waals surface area contributed by atoms with Crippen molar-refractivity contribution in [2.75, 3.05) is 6.54 Å². The van der Waals surface area contributed by atoms with Gasteiger partial charge in [0.2, 0.25) is 0 Å². The van der Waals surface area contributed by atoms with Crippen LogP contribution in [0.2, 0.25) is 0 Å². The van der Waals surface area contributed by atoms with E-state index in [-0.39, 0.29) is 36.0 Å². The van der Waals surface area contributed by atoms with Crippen LogP contribution in [0.25, 0.3) is 0 Å². The number of para-hydroxylation sites is 1. The highest BCUT2D eigenvalue weighted by molar-refractivity contribution is 7.09. The third kappa shape index (κ3) is 5.99. The van der Waals surface area contributed by atoms with Crippen molar-refractivity contribution in [3.63, 3.8) is 0 Å². The molecule has 24 heavy (non-hydrogen) atoms. The summed E-state index contributed by atoms with van der Waals surface area (Å²) < 4.78 is 40.9. The third-order valence-corrected chi connectivity index (χ3v) is 3.69. The van der Waals surface area contributed by atoms with Crippen molar-refractivity contribution in [2.24, 2.45) is 5.73 Å². The average molecular weight is 382 g/mol. The first-order chi connectivity index (χ1) is 10.9. The van der Waals surface area contributed by atoms with Crippen LogP contribution >= 0.6 is 23.7 Å². The summed E-state index contributed by atoms with van der Waals surface area (Å²) in [6, 6.07) is 5.62. The van der Waals surface area contributed by atoms with E-state index in [1.807, 2.05) is 0 Å². The molecule has 0 saturated heterocycles. The summed E-state index contributed by atoms with van der Waals surface area (Å²) >= 11 is 1.31. The zero-order valence-electron chi connectivity index (χ0n) is 12.3. The summed E-state index contributed by atoms with van der Waals surface area (Å²) in [6.45, 7) is 0.325. The van der Waals surface area contributed by atoms with Crippen LogP contribution < -0.4 is 15.8 Å². The number of hydrogen-bond donors (Lipinski definition) is 2. The van der Waals surface area contributed by atoms with Gasteiger partial charge in [-0.2, -0.15) is 0 Å². The minimum atomic E-state index is -4.79. The molecule has 0 radical (unpaired) electrons. The number of benzene rings is 1. The average Bonchev–Trinajstić information content (AvgIpc) is 2.93. The van der Waals surface area contributed by atoms with E-state index >= 15 is 0 Å². The molecule has 0 aliphatic carbocycles. The van der Waals surface area contributed by atoms with E-state index < -0.39 is 12.3 Å². The molecule has 0 aliphatic heterocycles. The summed E-state index contributed by atoms with van der Waals surface area (Å²) in [4.78, 5) is 16.1. The maximum absolute atomic E-state index is 12.3. The maximum atomic E-state index is 12.3. The van der Waals surface area contributed by atoms with Crippen LogP contribution in [0.4, 0.5) is 13.2 Å². The van der Waals surface area contributed by atoms with E-state index in [9.17, 15) is 18.0 Å². The van der Waals surface area contributed by atoms with Gasteiger partial charge < -0.3 is 15.8 Å². The fourth-order valence-corrected chi connectivity index (χ4v) is 2.59. The molecule has 1 heterocycles. The second-order valence-electron chi connectivity index (χ2n) is 4.50. The fraction of sp³-hybridized carbons (Fsp3) is 0.286. The highest BCUT2D eigenvalue weighted by Gasteiger charge is 2.32. The molecular weight excluding hydrogens is 367 g/mol. The SMILES string of the molecule is Cl.NCCc1nc(C(=O)NCc2ccccc2OC(F)(F)F)cs1. The predicted molar refractivity (Wildman–Crippen MR) is 86.4 cm³/mol. The van der Waals surface area contributed by atoms with E-state index in [0.717, 1.165) is 5.01 Å². The lowest BCUT2D eigenvalue weighted by Gasteiger charge is -2.13. The topological polar surface area (TPSA) is 77.2 Å². The minimum Gasteiger partial charge on any atom is -0.405 e. The van der Waals surface area contributed by atoms with Crippen molar-refractivity contribution in [1.29, 1.82) is 0 Å². The van der Waals surface area contributed by atoms with Gasteiger partial charge in [0.25, 0.3) is 5.91 Å². The first kappa shape index (κ1) is 20.2. The molecular formula is C14H15ClF3N3O2S. The van der Waals surface area contributed by atoms with Crippen molar-refractivity contribution >= 4 is 29.7 Å². The molecule has 0 bridgehead atoms. The number of alkyl halides is 3. The van der Waals surface area contributed by atoms with E-state index in [4.69, 9.17) is 5.73 Å². The first-order valence-corrected chi connectivity index (χ1v) is 7.53. The molecule has 0 atom stereocenters. The van der Waals surface area contributed by atoms with E-state index in [1.54, 1.807) is 11.4 Å². The summed E-state index contributed by atoms with van der Waals surface area (Å²) in [7, 11) is 0. The number of carbonyl (C=O) groups is 1. The zero-order valence-corrected chi connectivity index (χ0v) is 13.9. The number of nitrogens with one attached hydrogen (secondary N) is 1. The van der Waals surface area contributed by atoms with Crippen molar-refractivity contribution in [3.8, 4) is 5.75 Å². The van der Waals surface area contributed by atoms with Gasteiger partial charge in [0, 0.05) is 23.9 Å². The molecule has 0 aliphatic rings. The number of rotatable bonds is 6. The van der Waals surface area contributed by atoms with Gasteiger partial charge in [-0.25, -0.2) is 4.98 Å². The van der Waals surface area contributed by atoms with Gasteiger partial charge in [-0.05, 0) is 12.6 Å². The van der Waals surface area contributed by atoms with Gasteiger partial charge in [0.15, 0.2) is 0 Å². The Labute approximate surface area is 146 Å². The fourth-order valence-electron chi connectivity index (χ4n) is 1.79. The number of carbonyl (C=O) groups excluding carboxylic acids is 1. The molecule has 5 nitrogen and oxygen atoms in total. The van der Waals surface area contributed by atoms with E-state index in [1.165, 1.54) is 29.5 Å². The van der Waals surface area contributed by atoms with Crippen molar-refractivity contribution in [3.05, 3.63) is 45.9 Å². The summed E-state index contributed by atoms with van der Waals surface area (Å²) in [5, 5.41) is 4.84. The lowest BCUT2D eigenvalue weighted by molar-refractivity contribution is -0.274. The van der Waals surface area contributed by atoms with Gasteiger partial charge in [-0.15, -0.1) is 36.9 Å². The molecule has 0 saturated carbocycles. The predicted octanol–water partition coefficient (Wildman–Crippen LogP) is 2.89. The van der Waals surface area contributed by atoms with E-state index in [2.05, 4.69) is 15.0 Å². The Morgan fingerprint density at radius 2 is 2.04 bits per heavy atom. The largest absolute Gasteiger partial charge is 0.573 e. The number of nitrogens with two attached hydrogens (primary N) is 1. The van der Waals surface area contributed by atoms with Gasteiger partial charge in [0.1, 0.15) is 11.4 Å². The molecule has 0 spiro atoms. The Morgan fingerprint density at radius 3 is 2.71 bits per heavy atom. The number of amides is 1. The molecule has 0 fully saturated rings. The summed E-state index contributed by atoms with van der Waals surface area (Å²) in [6.07, 6.45) is -4.22. The maximum Gasteiger partial charge on any atom is 0.573 e. The molecule has 1 aromatic heterocycles. The van der Waals surface area contributed by atoms with Crippen molar-refractivity contribution < 1.29 is 22.7 Å². The van der Waals surface area contributed by atoms with Crippen LogP contribution in [0, 0.1) is 0 Å². The Bertz CT molecular complexity index is 679. The molecule has 3 N–H and O–H groups in total. The van der Waals surface area contributed by atoms with Crippen LogP contribution in [0.15, 0.2) is 29.6 Å². The van der Waals surface area contributed by atoms with Crippen LogP contribution in [-0.2, 0) is 13.0 Å². The normalized spacial score (nSPS) is 10.8. The van der Waals surface area contributed by atoms with Gasteiger partial charge in [-0.3, -0.25) is 4.79 Å². The lowest BCUT2D eigenvalue weighted by atomic mass is 10.2. The monoisotopic (exact) mass is 381 g/mol. The van der Waals surface area contributed by atoms with Crippen molar-refractivity contribution in [1.82, 2.24) is 10.3 Å². The van der Waals surface area contributed by atoms with Crippen LogP contribution in [0.3, 0.4) is 0 Å². The molecule has 2 rings (SSSR count). The summed E-state index contributed by atoms with van der Waals surface area (Å²) in [5.74, 6) is -0.811. The lowest BCUT2D eigenvalue weighted by Crippen LogP contribution is -2.24. The Morgan fingerprint density at radius 1 is 1.33 bits per heavy atom. The zero-order chi connectivity index (χ0) is 16.9. The molecule has 10 heteroatoms. The number of halogens is 4. The number of thiazole rings is 1. The van der Waals surface area contributed by atoms with Gasteiger partial charge >= 0.3 is 6.36 Å². The van der Waals surface area contributed by atoms with E-state index in [0.29, 0.717) is 13.0 Å². The summed E-state index contributed by atoms with van der Waals surface area (Å²) in [5.41, 5.74) is 5.84. The number of nitrogens with zero attached hydrogens (tertiary/aromatic N) is 1. The standard InChI is InChI=1S/C14H14F3N3O2S.ClH/c15-14(16,17)22-11-4-2-1-3-9(11)7-19-13(21)10-8-23-12(20-10)5-6-18;/h1-4,8H,5-7,18H2,(H,19,21);1H. The Hall–Kier alpha value is -1.84. The quantitative estimate of drug-likeness (QED) is 0.806. The number of hydrogen-bond acceptors (Lipinski definition) is 5. The van der Waals surface area contributed by atoms with Crippen molar-refractivity contribution in [2.45, 2.75) is 19.3 Å². The molecule has 132 valence electrons. The second-order valence-corrected chi connectivity index (χ2v) is 5.45. The third-order valence-electron chi connectivity index (χ3n) is 2.78. The minimum absolute atomic E-state index is 0. The first-order valence-electron chi connectivity index (χ1n) is 6.65. The number of ether oxygens (including phenoxy) is 1. The van der Waals surface area contributed by atoms with Crippen LogP contribution in [0.1, 0.15) is 21.1 Å². The van der Waals surface area contributed by atoms with Crippen LogP contribution in [-0.4, -0.2) is 23.8 Å². The van der Waals surface area contributed by atoms with Gasteiger partial charge in [-0.1, -0.05) is 18.2 Å². The highest BCUT2D eigenvalue weighted by Crippen LogP contribution is 2.26. The molecule has 0 unspecified atom stereocenters. The smallest absolute Gasteiger partial charge is 0.405 e. The molecule has 1 amide bonds. The number of aromatic nitrogens is 1.